The van der Waals surface area contributed by atoms with E-state index in [0.717, 1.165) is 15.4 Å². The van der Waals surface area contributed by atoms with Crippen LogP contribution in [0.5, 0.6) is 0 Å². The maximum atomic E-state index is 12.7. The fourth-order valence-electron chi connectivity index (χ4n) is 3.53. The average Bonchev–Trinajstić information content (AvgIpc) is 3.06. The fourth-order valence-corrected chi connectivity index (χ4v) is 3.90. The number of aromatic nitrogens is 2. The van der Waals surface area contributed by atoms with Gasteiger partial charge in [0.1, 0.15) is 0 Å². The molecule has 3 rings (SSSR count). The Morgan fingerprint density at radius 3 is 2.54 bits per heavy atom. The number of nitrogens with zero attached hydrogens (tertiary/aromatic N) is 1. The smallest absolute Gasteiger partial charge is 0.256 e. The van der Waals surface area contributed by atoms with Crippen molar-refractivity contribution in [1.29, 1.82) is 0 Å². The summed E-state index contributed by atoms with van der Waals surface area (Å²) in [5, 5.41) is 11.0. The van der Waals surface area contributed by atoms with Crippen LogP contribution in [0.1, 0.15) is 68.3 Å². The van der Waals surface area contributed by atoms with Crippen LogP contribution in [0.4, 0.5) is 5.82 Å². The quantitative estimate of drug-likeness (QED) is 0.399. The Balaban J connectivity index is 1.71. The van der Waals surface area contributed by atoms with Crippen LogP contribution in [0, 0.1) is 5.92 Å². The topological polar surface area (TPSA) is 57.8 Å². The summed E-state index contributed by atoms with van der Waals surface area (Å²) in [5.74, 6) is 1.70. The molecule has 0 spiro atoms. The maximum absolute atomic E-state index is 12.7. The van der Waals surface area contributed by atoms with Crippen LogP contribution in [-0.2, 0) is 0 Å². The number of nitrogens with one attached hydrogen (secondary N) is 2. The molecule has 0 aliphatic carbocycles. The minimum absolute atomic E-state index is 0.142. The summed E-state index contributed by atoms with van der Waals surface area (Å²) in [6, 6.07) is 13.9. The van der Waals surface area contributed by atoms with Crippen LogP contribution >= 0.6 is 15.9 Å². The fraction of sp³-hybridized carbons (Fsp3) is 0.391. The lowest BCUT2D eigenvalue weighted by molar-refractivity contribution is 0.102. The minimum Gasteiger partial charge on any atom is -0.305 e. The molecule has 0 saturated carbocycles. The molecule has 1 aromatic heterocycles. The standard InChI is InChI=1S/C23H28BrN3O/c1-4-5-16(7-6-15(2)3)17-8-10-18(11-9-17)23(28)25-22-20-13-12-19(24)14-21(20)26-27-22/h8-16H,4-7H2,1-3H3,(H2,25,26,27,28). The van der Waals surface area contributed by atoms with Crippen molar-refractivity contribution >= 4 is 38.6 Å². The van der Waals surface area contributed by atoms with Crippen LogP contribution in [0.2, 0.25) is 0 Å². The van der Waals surface area contributed by atoms with Gasteiger partial charge in [-0.2, -0.15) is 5.10 Å². The van der Waals surface area contributed by atoms with Gasteiger partial charge in [0.15, 0.2) is 5.82 Å². The monoisotopic (exact) mass is 441 g/mol. The zero-order valence-corrected chi connectivity index (χ0v) is 18.3. The second-order valence-corrected chi connectivity index (χ2v) is 8.71. The van der Waals surface area contributed by atoms with Crippen molar-refractivity contribution in [3.05, 3.63) is 58.1 Å². The highest BCUT2D eigenvalue weighted by Gasteiger charge is 2.14. The first-order chi connectivity index (χ1) is 13.5. The summed E-state index contributed by atoms with van der Waals surface area (Å²) < 4.78 is 0.969. The van der Waals surface area contributed by atoms with Crippen LogP contribution in [0.3, 0.4) is 0 Å². The molecule has 4 nitrogen and oxygen atoms in total. The van der Waals surface area contributed by atoms with Gasteiger partial charge < -0.3 is 5.32 Å². The summed E-state index contributed by atoms with van der Waals surface area (Å²) in [6.45, 7) is 6.78. The molecular formula is C23H28BrN3O. The molecular weight excluding hydrogens is 414 g/mol. The Morgan fingerprint density at radius 2 is 1.86 bits per heavy atom. The first-order valence-corrected chi connectivity index (χ1v) is 10.8. The van der Waals surface area contributed by atoms with Crippen LogP contribution < -0.4 is 5.32 Å². The van der Waals surface area contributed by atoms with Crippen molar-refractivity contribution in [2.24, 2.45) is 5.92 Å². The number of carbonyl (C=O) groups excluding carboxylic acids is 1. The average molecular weight is 442 g/mol. The highest BCUT2D eigenvalue weighted by Crippen LogP contribution is 2.29. The molecule has 148 valence electrons. The highest BCUT2D eigenvalue weighted by atomic mass is 79.9. The van der Waals surface area contributed by atoms with Crippen molar-refractivity contribution in [2.45, 2.75) is 52.4 Å². The lowest BCUT2D eigenvalue weighted by atomic mass is 9.87. The highest BCUT2D eigenvalue weighted by molar-refractivity contribution is 9.10. The molecule has 2 aromatic carbocycles. The Hall–Kier alpha value is -2.14. The van der Waals surface area contributed by atoms with Gasteiger partial charge in [0.2, 0.25) is 0 Å². The third-order valence-electron chi connectivity index (χ3n) is 5.13. The number of benzene rings is 2. The first kappa shape index (κ1) is 20.6. The van der Waals surface area contributed by atoms with E-state index < -0.39 is 0 Å². The number of carbonyl (C=O) groups is 1. The minimum atomic E-state index is -0.142. The maximum Gasteiger partial charge on any atom is 0.256 e. The molecule has 3 aromatic rings. The second-order valence-electron chi connectivity index (χ2n) is 7.80. The number of hydrogen-bond acceptors (Lipinski definition) is 2. The Labute approximate surface area is 175 Å². The SMILES string of the molecule is CCCC(CCC(C)C)c1ccc(C(=O)Nc2n[nH]c3cc(Br)ccc23)cc1. The molecule has 2 N–H and O–H groups in total. The van der Waals surface area contributed by atoms with Crippen molar-refractivity contribution < 1.29 is 4.79 Å². The van der Waals surface area contributed by atoms with Crippen molar-refractivity contribution in [3.8, 4) is 0 Å². The number of rotatable bonds is 8. The Morgan fingerprint density at radius 1 is 1.11 bits per heavy atom. The molecule has 1 atom stereocenters. The van der Waals surface area contributed by atoms with E-state index in [9.17, 15) is 4.79 Å². The number of hydrogen-bond donors (Lipinski definition) is 2. The largest absolute Gasteiger partial charge is 0.305 e. The van der Waals surface area contributed by atoms with E-state index in [2.05, 4.69) is 64.3 Å². The van der Waals surface area contributed by atoms with E-state index in [-0.39, 0.29) is 5.91 Å². The van der Waals surface area contributed by atoms with Crippen molar-refractivity contribution in [3.63, 3.8) is 0 Å². The van der Waals surface area contributed by atoms with Gasteiger partial charge in [0.05, 0.1) is 5.52 Å². The van der Waals surface area contributed by atoms with E-state index in [0.29, 0.717) is 23.2 Å². The molecule has 1 unspecified atom stereocenters. The van der Waals surface area contributed by atoms with Crippen molar-refractivity contribution in [1.82, 2.24) is 10.2 Å². The summed E-state index contributed by atoms with van der Waals surface area (Å²) in [5.41, 5.74) is 2.86. The summed E-state index contributed by atoms with van der Waals surface area (Å²) in [7, 11) is 0. The molecule has 0 saturated heterocycles. The third kappa shape index (κ3) is 5.02. The molecule has 5 heteroatoms. The van der Waals surface area contributed by atoms with Crippen LogP contribution in [-0.4, -0.2) is 16.1 Å². The van der Waals surface area contributed by atoms with E-state index >= 15 is 0 Å². The molecule has 1 heterocycles. The van der Waals surface area contributed by atoms with E-state index in [1.165, 1.54) is 31.2 Å². The van der Waals surface area contributed by atoms with Gasteiger partial charge in [-0.25, -0.2) is 0 Å². The van der Waals surface area contributed by atoms with Gasteiger partial charge in [-0.05, 0) is 60.6 Å². The lowest BCUT2D eigenvalue weighted by Crippen LogP contribution is -2.12. The Bertz CT molecular complexity index is 931. The van der Waals surface area contributed by atoms with E-state index in [4.69, 9.17) is 0 Å². The summed E-state index contributed by atoms with van der Waals surface area (Å²) in [6.07, 6.45) is 4.79. The molecule has 28 heavy (non-hydrogen) atoms. The number of anilines is 1. The zero-order chi connectivity index (χ0) is 20.1. The first-order valence-electron chi connectivity index (χ1n) is 10.0. The van der Waals surface area contributed by atoms with Gasteiger partial charge in [0.25, 0.3) is 5.91 Å². The molecule has 0 bridgehead atoms. The van der Waals surface area contributed by atoms with E-state index in [1.54, 1.807) is 0 Å². The van der Waals surface area contributed by atoms with Gasteiger partial charge in [-0.1, -0.05) is 61.7 Å². The van der Waals surface area contributed by atoms with Gasteiger partial charge >= 0.3 is 0 Å². The number of aromatic amines is 1. The number of fused-ring (bicyclic) bond motifs is 1. The van der Waals surface area contributed by atoms with Crippen molar-refractivity contribution in [2.75, 3.05) is 5.32 Å². The lowest BCUT2D eigenvalue weighted by Gasteiger charge is -2.18. The predicted octanol–water partition coefficient (Wildman–Crippen LogP) is 6.90. The third-order valence-corrected chi connectivity index (χ3v) is 5.62. The number of amides is 1. The predicted molar refractivity (Wildman–Crippen MR) is 120 cm³/mol. The Kier molecular flexibility index (Phi) is 6.89. The van der Waals surface area contributed by atoms with Crippen LogP contribution in [0.15, 0.2) is 46.9 Å². The molecule has 1 amide bonds. The number of halogens is 1. The van der Waals surface area contributed by atoms with Gasteiger partial charge in [-0.15, -0.1) is 0 Å². The number of H-pyrrole nitrogens is 1. The molecule has 0 aliphatic heterocycles. The zero-order valence-electron chi connectivity index (χ0n) is 16.8. The van der Waals surface area contributed by atoms with Gasteiger partial charge in [-0.3, -0.25) is 9.89 Å². The molecule has 0 aliphatic rings. The summed E-state index contributed by atoms with van der Waals surface area (Å²) >= 11 is 3.44. The van der Waals surface area contributed by atoms with E-state index in [1.807, 2.05) is 30.3 Å². The van der Waals surface area contributed by atoms with Crippen LogP contribution in [0.25, 0.3) is 10.9 Å². The van der Waals surface area contributed by atoms with Gasteiger partial charge in [0, 0.05) is 15.4 Å². The normalized spacial score (nSPS) is 12.5. The molecule has 0 radical (unpaired) electrons. The second kappa shape index (κ2) is 9.37. The molecule has 0 fully saturated rings. The summed E-state index contributed by atoms with van der Waals surface area (Å²) in [4.78, 5) is 12.7.